The van der Waals surface area contributed by atoms with E-state index >= 15 is 0 Å². The van der Waals surface area contributed by atoms with Crippen molar-refractivity contribution in [3.63, 3.8) is 0 Å². The average Bonchev–Trinajstić information content (AvgIpc) is 2.64. The molecule has 10 heteroatoms. The Morgan fingerprint density at radius 2 is 1.77 bits per heavy atom. The number of imide groups is 1. The smallest absolute Gasteiger partial charge is 0.314 e. The molecule has 1 aliphatic rings. The van der Waals surface area contributed by atoms with Crippen LogP contribution >= 0.6 is 0 Å². The molecule has 4 amide bonds. The van der Waals surface area contributed by atoms with Crippen molar-refractivity contribution in [3.05, 3.63) is 35.6 Å². The van der Waals surface area contributed by atoms with Gasteiger partial charge in [-0.25, -0.2) is 9.18 Å². The van der Waals surface area contributed by atoms with Crippen LogP contribution in [0.4, 0.5) is 22.4 Å². The Morgan fingerprint density at radius 1 is 1.23 bits per heavy atom. The van der Waals surface area contributed by atoms with E-state index in [0.717, 1.165) is 31.3 Å². The zero-order valence-corrected chi connectivity index (χ0v) is 11.0. The van der Waals surface area contributed by atoms with E-state index in [-0.39, 0.29) is 10.5 Å². The van der Waals surface area contributed by atoms with Crippen LogP contribution in [-0.4, -0.2) is 41.6 Å². The monoisotopic (exact) mass is 319 g/mol. The first-order valence-electron chi connectivity index (χ1n) is 5.83. The number of nitrogens with zero attached hydrogens (tertiary/aromatic N) is 1. The Hall–Kier alpha value is -2.65. The Labute approximate surface area is 121 Å². The van der Waals surface area contributed by atoms with Crippen LogP contribution in [0, 0.1) is 5.82 Å². The lowest BCUT2D eigenvalue weighted by Crippen LogP contribution is -2.69. The van der Waals surface area contributed by atoms with Crippen molar-refractivity contribution in [1.82, 2.24) is 15.5 Å². The minimum Gasteiger partial charge on any atom is -0.314 e. The molecule has 0 bridgehead atoms. The molecule has 1 unspecified atom stereocenters. The van der Waals surface area contributed by atoms with Crippen LogP contribution in [0.2, 0.25) is 0 Å². The summed E-state index contributed by atoms with van der Waals surface area (Å²) in [5.41, 5.74) is -3.86. The summed E-state index contributed by atoms with van der Waals surface area (Å²) < 4.78 is 52.4. The van der Waals surface area contributed by atoms with E-state index in [9.17, 15) is 31.9 Å². The van der Waals surface area contributed by atoms with Crippen molar-refractivity contribution in [2.45, 2.75) is 11.8 Å². The lowest BCUT2D eigenvalue weighted by atomic mass is 10.1. The third kappa shape index (κ3) is 2.36. The van der Waals surface area contributed by atoms with Crippen molar-refractivity contribution in [1.29, 1.82) is 0 Å². The number of halogens is 4. The zero-order chi connectivity index (χ0) is 16.7. The highest BCUT2D eigenvalue weighted by molar-refractivity contribution is 6.10. The third-order valence-corrected chi connectivity index (χ3v) is 3.06. The molecular weight excluding hydrogens is 310 g/mol. The van der Waals surface area contributed by atoms with Crippen molar-refractivity contribution in [2.24, 2.45) is 0 Å². The summed E-state index contributed by atoms with van der Waals surface area (Å²) in [5.74, 6) is -3.64. The second-order valence-corrected chi connectivity index (χ2v) is 4.50. The summed E-state index contributed by atoms with van der Waals surface area (Å²) >= 11 is 0. The van der Waals surface area contributed by atoms with Gasteiger partial charge in [0.15, 0.2) is 0 Å². The number of benzene rings is 1. The van der Waals surface area contributed by atoms with Gasteiger partial charge in [0, 0.05) is 12.6 Å². The van der Waals surface area contributed by atoms with Crippen molar-refractivity contribution in [3.8, 4) is 0 Å². The zero-order valence-electron chi connectivity index (χ0n) is 11.0. The number of rotatable bonds is 2. The summed E-state index contributed by atoms with van der Waals surface area (Å²) in [5, 5.41) is 2.89. The Morgan fingerprint density at radius 3 is 2.18 bits per heavy atom. The predicted octanol–water partition coefficient (Wildman–Crippen LogP) is 0.996. The minimum absolute atomic E-state index is 0.207. The van der Waals surface area contributed by atoms with Gasteiger partial charge < -0.3 is 5.32 Å². The number of carbonyl (C=O) groups is 3. The molecule has 1 aliphatic heterocycles. The van der Waals surface area contributed by atoms with Crippen LogP contribution in [0.15, 0.2) is 24.3 Å². The van der Waals surface area contributed by atoms with E-state index in [2.05, 4.69) is 0 Å². The average molecular weight is 319 g/mol. The molecule has 0 aliphatic carbocycles. The van der Waals surface area contributed by atoms with Gasteiger partial charge in [-0.2, -0.15) is 13.2 Å². The van der Waals surface area contributed by atoms with Gasteiger partial charge in [-0.1, -0.05) is 0 Å². The number of carbonyl (C=O) groups excluding carboxylic acids is 3. The summed E-state index contributed by atoms with van der Waals surface area (Å²) in [6, 6.07) is 2.33. The predicted molar refractivity (Wildman–Crippen MR) is 64.0 cm³/mol. The molecule has 22 heavy (non-hydrogen) atoms. The van der Waals surface area contributed by atoms with E-state index in [1.165, 1.54) is 10.6 Å². The molecule has 118 valence electrons. The maximum absolute atomic E-state index is 13.2. The fourth-order valence-corrected chi connectivity index (χ4v) is 1.83. The Bertz CT molecular complexity index is 644. The standard InChI is InChI=1S/C12H9F4N3O3/c1-19-9(21)11(12(14,15)16,18-10(19)22)17-8(20)6-2-4-7(13)5-3-6/h2-5H,1H3,(H,17,20)(H,18,22). The Balaban J connectivity index is 2.37. The van der Waals surface area contributed by atoms with Crippen LogP contribution in [-0.2, 0) is 4.79 Å². The molecule has 1 saturated heterocycles. The van der Waals surface area contributed by atoms with Gasteiger partial charge in [0.1, 0.15) is 5.82 Å². The largest absolute Gasteiger partial charge is 0.440 e. The van der Waals surface area contributed by atoms with E-state index in [1.807, 2.05) is 0 Å². The first-order chi connectivity index (χ1) is 10.1. The van der Waals surface area contributed by atoms with Gasteiger partial charge >= 0.3 is 12.2 Å². The molecule has 1 aromatic rings. The van der Waals surface area contributed by atoms with E-state index < -0.39 is 35.5 Å². The molecule has 6 nitrogen and oxygen atoms in total. The molecule has 1 heterocycles. The number of hydrogen-bond donors (Lipinski definition) is 2. The molecule has 0 aromatic heterocycles. The fraction of sp³-hybridized carbons (Fsp3) is 0.250. The highest BCUT2D eigenvalue weighted by Crippen LogP contribution is 2.33. The van der Waals surface area contributed by atoms with Crippen LogP contribution in [0.1, 0.15) is 10.4 Å². The number of alkyl halides is 3. The van der Waals surface area contributed by atoms with Crippen molar-refractivity contribution in [2.75, 3.05) is 7.05 Å². The highest BCUT2D eigenvalue weighted by Gasteiger charge is 2.68. The summed E-state index contributed by atoms with van der Waals surface area (Å²) in [6.45, 7) is 0. The van der Waals surface area contributed by atoms with Gasteiger partial charge in [-0.05, 0) is 24.3 Å². The summed E-state index contributed by atoms with van der Waals surface area (Å²) in [4.78, 5) is 35.1. The SMILES string of the molecule is CN1C(=O)NC(NC(=O)c2ccc(F)cc2)(C(F)(F)F)C1=O. The number of amides is 4. The number of hydrogen-bond acceptors (Lipinski definition) is 3. The lowest BCUT2D eigenvalue weighted by molar-refractivity contribution is -0.199. The second kappa shape index (κ2) is 4.97. The Kier molecular flexibility index (Phi) is 3.55. The van der Waals surface area contributed by atoms with Gasteiger partial charge in [0.25, 0.3) is 17.5 Å². The molecular formula is C12H9F4N3O3. The number of nitrogens with one attached hydrogen (secondary N) is 2. The normalized spacial score (nSPS) is 21.8. The van der Waals surface area contributed by atoms with Crippen LogP contribution < -0.4 is 10.6 Å². The molecule has 2 N–H and O–H groups in total. The van der Waals surface area contributed by atoms with Crippen LogP contribution in [0.25, 0.3) is 0 Å². The first-order valence-corrected chi connectivity index (χ1v) is 5.83. The van der Waals surface area contributed by atoms with Crippen LogP contribution in [0.3, 0.4) is 0 Å². The van der Waals surface area contributed by atoms with Crippen molar-refractivity contribution < 1.29 is 31.9 Å². The topological polar surface area (TPSA) is 78.5 Å². The molecule has 1 atom stereocenters. The summed E-state index contributed by atoms with van der Waals surface area (Å²) in [7, 11) is 0.842. The van der Waals surface area contributed by atoms with Crippen LogP contribution in [0.5, 0.6) is 0 Å². The van der Waals surface area contributed by atoms with Gasteiger partial charge in [0.05, 0.1) is 0 Å². The first kappa shape index (κ1) is 15.7. The lowest BCUT2D eigenvalue weighted by Gasteiger charge is -2.29. The maximum Gasteiger partial charge on any atom is 0.440 e. The maximum atomic E-state index is 13.2. The van der Waals surface area contributed by atoms with E-state index in [0.29, 0.717) is 0 Å². The van der Waals surface area contributed by atoms with E-state index in [1.54, 1.807) is 0 Å². The van der Waals surface area contributed by atoms with Gasteiger partial charge in [-0.15, -0.1) is 0 Å². The van der Waals surface area contributed by atoms with E-state index in [4.69, 9.17) is 0 Å². The molecule has 0 saturated carbocycles. The highest BCUT2D eigenvalue weighted by atomic mass is 19.4. The second-order valence-electron chi connectivity index (χ2n) is 4.50. The van der Waals surface area contributed by atoms with Crippen molar-refractivity contribution >= 4 is 17.8 Å². The number of urea groups is 1. The van der Waals surface area contributed by atoms with Gasteiger partial charge in [-0.3, -0.25) is 19.8 Å². The molecule has 1 fully saturated rings. The molecule has 2 rings (SSSR count). The molecule has 0 spiro atoms. The molecule has 0 radical (unpaired) electrons. The third-order valence-electron chi connectivity index (χ3n) is 3.06. The minimum atomic E-state index is -5.26. The summed E-state index contributed by atoms with van der Waals surface area (Å²) in [6.07, 6.45) is -5.26. The van der Waals surface area contributed by atoms with Gasteiger partial charge in [0.2, 0.25) is 0 Å². The molecule has 1 aromatic carbocycles. The quantitative estimate of drug-likeness (QED) is 0.630. The number of likely N-dealkylation sites (N-methyl/N-ethyl adjacent to an activating group) is 1. The fourth-order valence-electron chi connectivity index (χ4n) is 1.83.